The summed E-state index contributed by atoms with van der Waals surface area (Å²) in [5, 5.41) is 3.76. The van der Waals surface area contributed by atoms with Crippen molar-refractivity contribution in [2.75, 3.05) is 6.54 Å². The van der Waals surface area contributed by atoms with Crippen LogP contribution >= 0.6 is 0 Å². The average molecular weight is 287 g/mol. The second-order valence-corrected chi connectivity index (χ2v) is 6.68. The predicted molar refractivity (Wildman–Crippen MR) is 92.7 cm³/mol. The molecule has 1 atom stereocenters. The standard InChI is InChI=1S/C20H33N/c1-3-16-21-20(15-12-18-8-6-5-7-9-18)19-13-10-17(4-2)11-14-19/h10-11,13-14,18,20-21H,3-9,12,15-16H2,1-2H3. The Labute approximate surface area is 131 Å². The van der Waals surface area contributed by atoms with E-state index in [-0.39, 0.29) is 0 Å². The lowest BCUT2D eigenvalue weighted by Crippen LogP contribution is -2.23. The zero-order chi connectivity index (χ0) is 14.9. The fourth-order valence-corrected chi connectivity index (χ4v) is 3.57. The molecular weight excluding hydrogens is 254 g/mol. The van der Waals surface area contributed by atoms with E-state index in [0.717, 1.165) is 18.9 Å². The van der Waals surface area contributed by atoms with Crippen LogP contribution < -0.4 is 5.32 Å². The topological polar surface area (TPSA) is 12.0 Å². The van der Waals surface area contributed by atoms with Crippen LogP contribution in [0, 0.1) is 5.92 Å². The van der Waals surface area contributed by atoms with E-state index in [1.807, 2.05) is 0 Å². The zero-order valence-corrected chi connectivity index (χ0v) is 14.0. The summed E-state index contributed by atoms with van der Waals surface area (Å²) in [7, 11) is 0. The lowest BCUT2D eigenvalue weighted by Gasteiger charge is -2.25. The fraction of sp³-hybridized carbons (Fsp3) is 0.700. The van der Waals surface area contributed by atoms with Gasteiger partial charge in [0.05, 0.1) is 0 Å². The second-order valence-electron chi connectivity index (χ2n) is 6.68. The molecule has 1 saturated carbocycles. The monoisotopic (exact) mass is 287 g/mol. The molecule has 0 saturated heterocycles. The van der Waals surface area contributed by atoms with Crippen LogP contribution in [0.4, 0.5) is 0 Å². The van der Waals surface area contributed by atoms with Gasteiger partial charge in [-0.05, 0) is 49.3 Å². The molecule has 0 aromatic heterocycles. The van der Waals surface area contributed by atoms with E-state index in [1.54, 1.807) is 0 Å². The SMILES string of the molecule is CCCNC(CCC1CCCCC1)c1ccc(CC)cc1. The molecule has 2 rings (SSSR count). The molecule has 0 bridgehead atoms. The molecule has 0 radical (unpaired) electrons. The quantitative estimate of drug-likeness (QED) is 0.651. The van der Waals surface area contributed by atoms with Crippen molar-refractivity contribution in [3.05, 3.63) is 35.4 Å². The van der Waals surface area contributed by atoms with Crippen molar-refractivity contribution in [3.63, 3.8) is 0 Å². The Kier molecular flexibility index (Phi) is 7.29. The Morgan fingerprint density at radius 3 is 2.38 bits per heavy atom. The van der Waals surface area contributed by atoms with Gasteiger partial charge in [-0.25, -0.2) is 0 Å². The summed E-state index contributed by atoms with van der Waals surface area (Å²) in [5.41, 5.74) is 2.93. The summed E-state index contributed by atoms with van der Waals surface area (Å²) >= 11 is 0. The maximum absolute atomic E-state index is 3.76. The molecule has 0 heterocycles. The van der Waals surface area contributed by atoms with Crippen molar-refractivity contribution in [2.24, 2.45) is 5.92 Å². The van der Waals surface area contributed by atoms with Crippen LogP contribution in [0.5, 0.6) is 0 Å². The first-order chi connectivity index (χ1) is 10.3. The largest absolute Gasteiger partial charge is 0.310 e. The van der Waals surface area contributed by atoms with Gasteiger partial charge in [0.15, 0.2) is 0 Å². The van der Waals surface area contributed by atoms with Crippen LogP contribution in [0.1, 0.15) is 82.4 Å². The molecule has 0 aliphatic heterocycles. The van der Waals surface area contributed by atoms with Crippen LogP contribution in [-0.4, -0.2) is 6.54 Å². The minimum Gasteiger partial charge on any atom is -0.310 e. The molecule has 1 aliphatic rings. The Morgan fingerprint density at radius 2 is 1.76 bits per heavy atom. The summed E-state index contributed by atoms with van der Waals surface area (Å²) < 4.78 is 0. The Bertz CT molecular complexity index is 375. The van der Waals surface area contributed by atoms with Gasteiger partial charge in [-0.15, -0.1) is 0 Å². The molecule has 1 aliphatic carbocycles. The normalized spacial score (nSPS) is 17.8. The third-order valence-electron chi connectivity index (χ3n) is 5.02. The van der Waals surface area contributed by atoms with Crippen molar-refractivity contribution in [1.82, 2.24) is 5.32 Å². The van der Waals surface area contributed by atoms with Crippen molar-refractivity contribution >= 4 is 0 Å². The van der Waals surface area contributed by atoms with Gasteiger partial charge in [-0.1, -0.05) is 70.2 Å². The predicted octanol–water partition coefficient (Wildman–Crippen LogP) is 5.65. The van der Waals surface area contributed by atoms with E-state index in [2.05, 4.69) is 43.4 Å². The van der Waals surface area contributed by atoms with E-state index in [1.165, 1.54) is 62.5 Å². The molecular formula is C20H33N. The number of hydrogen-bond acceptors (Lipinski definition) is 1. The highest BCUT2D eigenvalue weighted by Crippen LogP contribution is 2.30. The van der Waals surface area contributed by atoms with Crippen LogP contribution in [-0.2, 0) is 6.42 Å². The maximum atomic E-state index is 3.76. The first kappa shape index (κ1) is 16.5. The van der Waals surface area contributed by atoms with E-state index < -0.39 is 0 Å². The average Bonchev–Trinajstić information content (AvgIpc) is 2.56. The van der Waals surface area contributed by atoms with E-state index >= 15 is 0 Å². The fourth-order valence-electron chi connectivity index (χ4n) is 3.57. The molecule has 0 spiro atoms. The van der Waals surface area contributed by atoms with Gasteiger partial charge < -0.3 is 5.32 Å². The van der Waals surface area contributed by atoms with E-state index in [4.69, 9.17) is 0 Å². The minimum atomic E-state index is 0.554. The molecule has 1 nitrogen and oxygen atoms in total. The van der Waals surface area contributed by atoms with Crippen LogP contribution in [0.3, 0.4) is 0 Å². The highest BCUT2D eigenvalue weighted by Gasteiger charge is 2.17. The van der Waals surface area contributed by atoms with Crippen LogP contribution in [0.2, 0.25) is 0 Å². The van der Waals surface area contributed by atoms with Crippen molar-refractivity contribution in [3.8, 4) is 0 Å². The molecule has 1 aromatic rings. The third kappa shape index (κ3) is 5.47. The smallest absolute Gasteiger partial charge is 0.0320 e. The summed E-state index contributed by atoms with van der Waals surface area (Å²) in [6.07, 6.45) is 12.4. The van der Waals surface area contributed by atoms with Gasteiger partial charge in [-0.2, -0.15) is 0 Å². The Morgan fingerprint density at radius 1 is 1.05 bits per heavy atom. The summed E-state index contributed by atoms with van der Waals surface area (Å²) in [5.74, 6) is 0.986. The molecule has 0 amide bonds. The highest BCUT2D eigenvalue weighted by atomic mass is 14.9. The maximum Gasteiger partial charge on any atom is 0.0320 e. The zero-order valence-electron chi connectivity index (χ0n) is 14.0. The Hall–Kier alpha value is -0.820. The van der Waals surface area contributed by atoms with Gasteiger partial charge in [0, 0.05) is 6.04 Å². The molecule has 1 aromatic carbocycles. The van der Waals surface area contributed by atoms with Gasteiger partial charge in [0.1, 0.15) is 0 Å². The van der Waals surface area contributed by atoms with Gasteiger partial charge in [0.2, 0.25) is 0 Å². The number of nitrogens with one attached hydrogen (secondary N) is 1. The molecule has 1 N–H and O–H groups in total. The third-order valence-corrected chi connectivity index (χ3v) is 5.02. The van der Waals surface area contributed by atoms with E-state index in [9.17, 15) is 0 Å². The molecule has 21 heavy (non-hydrogen) atoms. The van der Waals surface area contributed by atoms with Crippen molar-refractivity contribution < 1.29 is 0 Å². The lowest BCUT2D eigenvalue weighted by molar-refractivity contribution is 0.314. The number of hydrogen-bond donors (Lipinski definition) is 1. The van der Waals surface area contributed by atoms with Crippen LogP contribution in [0.15, 0.2) is 24.3 Å². The van der Waals surface area contributed by atoms with Crippen LogP contribution in [0.25, 0.3) is 0 Å². The van der Waals surface area contributed by atoms with Crippen molar-refractivity contribution in [2.45, 2.75) is 77.7 Å². The number of aryl methyl sites for hydroxylation is 1. The van der Waals surface area contributed by atoms with Gasteiger partial charge >= 0.3 is 0 Å². The van der Waals surface area contributed by atoms with Gasteiger partial charge in [-0.3, -0.25) is 0 Å². The molecule has 1 unspecified atom stereocenters. The van der Waals surface area contributed by atoms with Gasteiger partial charge in [0.25, 0.3) is 0 Å². The lowest BCUT2D eigenvalue weighted by atomic mass is 9.84. The van der Waals surface area contributed by atoms with Crippen molar-refractivity contribution in [1.29, 1.82) is 0 Å². The minimum absolute atomic E-state index is 0.554. The number of benzene rings is 1. The second kappa shape index (κ2) is 9.25. The molecule has 118 valence electrons. The first-order valence-corrected chi connectivity index (χ1v) is 9.15. The summed E-state index contributed by atoms with van der Waals surface area (Å²) in [6, 6.07) is 9.84. The number of rotatable bonds is 8. The first-order valence-electron chi connectivity index (χ1n) is 9.15. The highest BCUT2D eigenvalue weighted by molar-refractivity contribution is 5.25. The van der Waals surface area contributed by atoms with E-state index in [0.29, 0.717) is 6.04 Å². The summed E-state index contributed by atoms with van der Waals surface area (Å²) in [4.78, 5) is 0. The Balaban J connectivity index is 1.91. The molecule has 1 fully saturated rings. The summed E-state index contributed by atoms with van der Waals surface area (Å²) in [6.45, 7) is 5.61. The molecule has 1 heteroatoms.